The maximum Gasteiger partial charge on any atom is 0.418 e. The second kappa shape index (κ2) is 16.3. The Hall–Kier alpha value is -4.95. The first-order chi connectivity index (χ1) is 26.8. The van der Waals surface area contributed by atoms with E-state index in [-0.39, 0.29) is 41.5 Å². The summed E-state index contributed by atoms with van der Waals surface area (Å²) < 4.78 is 50.1. The van der Waals surface area contributed by atoms with E-state index < -0.39 is 29.6 Å². The Morgan fingerprint density at radius 3 is 2.45 bits per heavy atom. The number of likely N-dealkylation sites (tertiary alicyclic amines) is 1. The number of Topliss-reactive ketones (excluding diaryl/α,β-unsaturated/α-hetero) is 1. The van der Waals surface area contributed by atoms with Crippen LogP contribution >= 0.6 is 11.6 Å². The summed E-state index contributed by atoms with van der Waals surface area (Å²) in [6, 6.07) is 8.83. The highest BCUT2D eigenvalue weighted by molar-refractivity contribution is 6.32. The average molecular weight is 793 g/mol. The van der Waals surface area contributed by atoms with Crippen LogP contribution in [0.3, 0.4) is 0 Å². The Bertz CT molecular complexity index is 2210. The van der Waals surface area contributed by atoms with Crippen molar-refractivity contribution in [3.63, 3.8) is 0 Å². The molecule has 3 fully saturated rings. The maximum atomic E-state index is 14.3. The number of ketones is 1. The highest BCUT2D eigenvalue weighted by Gasteiger charge is 2.37. The average Bonchev–Trinajstić information content (AvgIpc) is 3.18. The minimum atomic E-state index is -4.63. The molecule has 3 aliphatic heterocycles. The third-order valence-electron chi connectivity index (χ3n) is 11.4. The summed E-state index contributed by atoms with van der Waals surface area (Å²) in [6.07, 6.45) is 4.10. The number of benzene rings is 2. The number of pyridine rings is 2. The number of amides is 2. The minimum absolute atomic E-state index is 0.0451. The second-order valence-electron chi connectivity index (χ2n) is 15.0. The predicted octanol–water partition coefficient (Wildman–Crippen LogP) is 6.24. The SMILES string of the molecule is COc1cc(-c2cn(C)c(=O)c3cnccc23)cc(Cl)c1CC1CCN(CC(=O)C2CCN(c3ccc(NC4CCC(=O)NC4=O)cc3C(F)(F)F)CC2)CC1. The summed E-state index contributed by atoms with van der Waals surface area (Å²) in [5.74, 6) is -0.0654. The van der Waals surface area contributed by atoms with Crippen molar-refractivity contribution < 1.29 is 32.3 Å². The van der Waals surface area contributed by atoms with Gasteiger partial charge in [0.05, 0.1) is 24.6 Å². The zero-order valence-corrected chi connectivity index (χ0v) is 32.0. The summed E-state index contributed by atoms with van der Waals surface area (Å²) >= 11 is 6.92. The molecule has 4 aromatic rings. The molecule has 2 N–H and O–H groups in total. The molecule has 56 heavy (non-hydrogen) atoms. The third kappa shape index (κ3) is 8.41. The molecular weight excluding hydrogens is 749 g/mol. The molecule has 0 radical (unpaired) electrons. The van der Waals surface area contributed by atoms with Crippen molar-refractivity contribution in [1.29, 1.82) is 0 Å². The van der Waals surface area contributed by atoms with E-state index in [4.69, 9.17) is 16.3 Å². The lowest BCUT2D eigenvalue weighted by Crippen LogP contribution is -2.47. The van der Waals surface area contributed by atoms with Crippen LogP contribution in [0.1, 0.15) is 49.7 Å². The van der Waals surface area contributed by atoms with Gasteiger partial charge in [-0.25, -0.2) is 0 Å². The van der Waals surface area contributed by atoms with Crippen LogP contribution in [0.15, 0.2) is 59.8 Å². The Labute approximate surface area is 327 Å². The number of aryl methyl sites for hydroxylation is 1. The molecule has 1 unspecified atom stereocenters. The minimum Gasteiger partial charge on any atom is -0.496 e. The summed E-state index contributed by atoms with van der Waals surface area (Å²) in [4.78, 5) is 57.7. The van der Waals surface area contributed by atoms with Crippen LogP contribution in [-0.4, -0.2) is 77.9 Å². The van der Waals surface area contributed by atoms with Crippen LogP contribution in [0.2, 0.25) is 5.02 Å². The summed E-state index contributed by atoms with van der Waals surface area (Å²) in [6.45, 7) is 2.45. The number of halogens is 4. The second-order valence-corrected chi connectivity index (χ2v) is 15.5. The molecule has 15 heteroatoms. The lowest BCUT2D eigenvalue weighted by atomic mass is 9.88. The number of carbonyl (C=O) groups is 3. The molecule has 2 aromatic heterocycles. The number of nitrogens with zero attached hydrogens (tertiary/aromatic N) is 4. The number of carbonyl (C=O) groups excluding carboxylic acids is 3. The van der Waals surface area contributed by atoms with E-state index in [0.717, 1.165) is 54.1 Å². The van der Waals surface area contributed by atoms with Crippen LogP contribution in [0.4, 0.5) is 24.5 Å². The van der Waals surface area contributed by atoms with E-state index in [1.165, 1.54) is 16.7 Å². The van der Waals surface area contributed by atoms with Crippen molar-refractivity contribution in [2.75, 3.05) is 50.1 Å². The Kier molecular flexibility index (Phi) is 11.4. The number of imide groups is 1. The number of aromatic nitrogens is 2. The quantitative estimate of drug-likeness (QED) is 0.180. The van der Waals surface area contributed by atoms with Gasteiger partial charge in [-0.15, -0.1) is 0 Å². The highest BCUT2D eigenvalue weighted by atomic mass is 35.5. The van der Waals surface area contributed by atoms with Crippen molar-refractivity contribution in [3.05, 3.63) is 81.5 Å². The molecule has 0 aliphatic carbocycles. The fourth-order valence-corrected chi connectivity index (χ4v) is 8.57. The van der Waals surface area contributed by atoms with Crippen molar-refractivity contribution in [2.45, 2.75) is 57.2 Å². The highest BCUT2D eigenvalue weighted by Crippen LogP contribution is 2.41. The number of hydrogen-bond acceptors (Lipinski definition) is 9. The number of rotatable bonds is 10. The van der Waals surface area contributed by atoms with Crippen LogP contribution in [0.5, 0.6) is 5.75 Å². The molecule has 0 saturated carbocycles. The van der Waals surface area contributed by atoms with Crippen molar-refractivity contribution in [1.82, 2.24) is 19.8 Å². The van der Waals surface area contributed by atoms with Crippen LogP contribution < -0.4 is 25.8 Å². The third-order valence-corrected chi connectivity index (χ3v) is 11.8. The number of methoxy groups -OCH3 is 1. The fourth-order valence-electron chi connectivity index (χ4n) is 8.28. The topological polar surface area (TPSA) is 126 Å². The summed E-state index contributed by atoms with van der Waals surface area (Å²) in [5, 5.41) is 6.93. The largest absolute Gasteiger partial charge is 0.496 e. The number of hydrogen-bond donors (Lipinski definition) is 2. The van der Waals surface area contributed by atoms with Gasteiger partial charge < -0.3 is 19.5 Å². The van der Waals surface area contributed by atoms with E-state index in [2.05, 4.69) is 20.5 Å². The van der Waals surface area contributed by atoms with E-state index in [9.17, 15) is 32.3 Å². The van der Waals surface area contributed by atoms with Crippen LogP contribution in [-0.2, 0) is 34.0 Å². The van der Waals surface area contributed by atoms with Crippen LogP contribution in [0.25, 0.3) is 21.9 Å². The number of anilines is 2. The lowest BCUT2D eigenvalue weighted by Gasteiger charge is -2.36. The van der Waals surface area contributed by atoms with Crippen LogP contribution in [0, 0.1) is 11.8 Å². The maximum absolute atomic E-state index is 14.3. The van der Waals surface area contributed by atoms with E-state index >= 15 is 0 Å². The number of nitrogens with one attached hydrogen (secondary N) is 2. The van der Waals surface area contributed by atoms with Gasteiger partial charge in [0.25, 0.3) is 5.56 Å². The molecule has 3 aliphatic rings. The molecule has 3 saturated heterocycles. The van der Waals surface area contributed by atoms with Gasteiger partial charge in [-0.1, -0.05) is 11.6 Å². The smallest absolute Gasteiger partial charge is 0.418 e. The molecule has 2 amide bonds. The zero-order valence-electron chi connectivity index (χ0n) is 31.3. The fraction of sp³-hybridized carbons (Fsp3) is 0.439. The monoisotopic (exact) mass is 792 g/mol. The van der Waals surface area contributed by atoms with Crippen molar-refractivity contribution in [2.24, 2.45) is 18.9 Å². The molecule has 0 spiro atoms. The van der Waals surface area contributed by atoms with Crippen molar-refractivity contribution in [3.8, 4) is 16.9 Å². The van der Waals surface area contributed by atoms with Gasteiger partial charge in [-0.3, -0.25) is 34.4 Å². The van der Waals surface area contributed by atoms with Gasteiger partial charge in [0.2, 0.25) is 11.8 Å². The molecular formula is C41H44ClF3N6O5. The first-order valence-corrected chi connectivity index (χ1v) is 19.3. The molecule has 7 rings (SSSR count). The number of ether oxygens (including phenoxy) is 1. The Morgan fingerprint density at radius 2 is 1.75 bits per heavy atom. The number of fused-ring (bicyclic) bond motifs is 1. The first-order valence-electron chi connectivity index (χ1n) is 18.9. The summed E-state index contributed by atoms with van der Waals surface area (Å²) in [7, 11) is 3.33. The van der Waals surface area contributed by atoms with E-state index in [0.29, 0.717) is 61.0 Å². The van der Waals surface area contributed by atoms with Gasteiger partial charge in [0, 0.05) is 78.6 Å². The molecule has 0 bridgehead atoms. The molecule has 296 valence electrons. The van der Waals surface area contributed by atoms with E-state index in [1.807, 2.05) is 18.2 Å². The Balaban J connectivity index is 0.929. The molecule has 11 nitrogen and oxygen atoms in total. The van der Waals surface area contributed by atoms with Gasteiger partial charge in [-0.05, 0) is 105 Å². The lowest BCUT2D eigenvalue weighted by molar-refractivity contribution is -0.137. The first kappa shape index (κ1) is 39.3. The molecule has 2 aromatic carbocycles. The molecule has 5 heterocycles. The number of piperidine rings is 3. The van der Waals surface area contributed by atoms with Gasteiger partial charge in [0.1, 0.15) is 17.6 Å². The van der Waals surface area contributed by atoms with Gasteiger partial charge in [0.15, 0.2) is 0 Å². The van der Waals surface area contributed by atoms with Gasteiger partial charge in [-0.2, -0.15) is 13.2 Å². The zero-order chi connectivity index (χ0) is 39.7. The standard InChI is InChI=1S/C41H44ClF3N6O5/c1-49-22-31(28-7-12-46-21-30(28)40(49)55)26-18-33(42)29(37(19-26)56-2)17-24-8-13-50(14-9-24)23-36(52)25-10-15-51(16-11-25)35-5-3-27(20-32(35)41(43,44)45)47-34-4-6-38(53)48-39(34)54/h3,5,7,12,18-22,24-25,34,47H,4,6,8-11,13-17,23H2,1-2H3,(H,48,53,54). The predicted molar refractivity (Wildman–Crippen MR) is 208 cm³/mol. The van der Waals surface area contributed by atoms with Gasteiger partial charge >= 0.3 is 6.18 Å². The molecule has 1 atom stereocenters. The normalized spacial score (nSPS) is 19.0. The summed E-state index contributed by atoms with van der Waals surface area (Å²) in [5.41, 5.74) is 1.85. The van der Waals surface area contributed by atoms with E-state index in [1.54, 1.807) is 37.6 Å². The number of alkyl halides is 3. The van der Waals surface area contributed by atoms with Crippen molar-refractivity contribution >= 4 is 51.3 Å². The Morgan fingerprint density at radius 1 is 1.00 bits per heavy atom.